The lowest BCUT2D eigenvalue weighted by Crippen LogP contribution is -2.45. The lowest BCUT2D eigenvalue weighted by molar-refractivity contribution is -0.138. The zero-order valence-corrected chi connectivity index (χ0v) is 17.9. The van der Waals surface area contributed by atoms with E-state index in [9.17, 15) is 18.0 Å². The first-order chi connectivity index (χ1) is 13.2. The molecule has 28 heavy (non-hydrogen) atoms. The molecule has 1 saturated heterocycles. The van der Waals surface area contributed by atoms with Crippen molar-refractivity contribution in [3.05, 3.63) is 29.3 Å². The Kier molecular flexibility index (Phi) is 8.27. The van der Waals surface area contributed by atoms with Crippen LogP contribution in [0.1, 0.15) is 32.6 Å². The summed E-state index contributed by atoms with van der Waals surface area (Å²) in [4.78, 5) is 26.2. The summed E-state index contributed by atoms with van der Waals surface area (Å²) in [5.74, 6) is -0.580. The van der Waals surface area contributed by atoms with Crippen LogP contribution in [0.25, 0.3) is 0 Å². The highest BCUT2D eigenvalue weighted by Crippen LogP contribution is 2.23. The number of rotatable bonds is 8. The van der Waals surface area contributed by atoms with Crippen molar-refractivity contribution in [3.63, 3.8) is 0 Å². The van der Waals surface area contributed by atoms with E-state index in [0.717, 1.165) is 6.42 Å². The number of carbonyl (C=O) groups excluding carboxylic acids is 2. The van der Waals surface area contributed by atoms with Crippen molar-refractivity contribution in [2.45, 2.75) is 32.6 Å². The van der Waals surface area contributed by atoms with Gasteiger partial charge in [0, 0.05) is 26.1 Å². The predicted octanol–water partition coefficient (Wildman–Crippen LogP) is 2.58. The molecule has 0 spiro atoms. The molecule has 1 heterocycles. The maximum atomic E-state index is 12.6. The standard InChI is InChI=1S/C19H28ClN3O4S/c1-3-4-13-28(26,27)23-11-9-15(10-12-23)19(25)22(2)14-18(24)21-17-8-6-5-7-16(17)20/h5-8,15H,3-4,9-14H2,1-2H3,(H,21,24). The molecule has 0 aliphatic carbocycles. The third-order valence-electron chi connectivity index (χ3n) is 4.86. The highest BCUT2D eigenvalue weighted by Gasteiger charge is 2.32. The molecular weight excluding hydrogens is 402 g/mol. The van der Waals surface area contributed by atoms with Gasteiger partial charge in [-0.05, 0) is 31.4 Å². The molecule has 0 atom stereocenters. The van der Waals surface area contributed by atoms with Gasteiger partial charge in [0.05, 0.1) is 23.0 Å². The van der Waals surface area contributed by atoms with Gasteiger partial charge in [0.15, 0.2) is 0 Å². The van der Waals surface area contributed by atoms with Crippen LogP contribution in [-0.4, -0.2) is 61.9 Å². The quantitative estimate of drug-likeness (QED) is 0.688. The van der Waals surface area contributed by atoms with E-state index in [4.69, 9.17) is 11.6 Å². The Bertz CT molecular complexity index is 792. The number of para-hydroxylation sites is 1. The highest BCUT2D eigenvalue weighted by atomic mass is 35.5. The average molecular weight is 430 g/mol. The van der Waals surface area contributed by atoms with Gasteiger partial charge in [-0.25, -0.2) is 12.7 Å². The molecule has 7 nitrogen and oxygen atoms in total. The molecule has 2 amide bonds. The Balaban J connectivity index is 1.84. The third kappa shape index (κ3) is 6.18. The molecule has 0 saturated carbocycles. The number of nitrogens with zero attached hydrogens (tertiary/aromatic N) is 2. The molecule has 9 heteroatoms. The molecule has 0 aromatic heterocycles. The molecule has 0 unspecified atom stereocenters. The maximum absolute atomic E-state index is 12.6. The topological polar surface area (TPSA) is 86.8 Å². The summed E-state index contributed by atoms with van der Waals surface area (Å²) in [6.45, 7) is 2.57. The van der Waals surface area contributed by atoms with Gasteiger partial charge in [-0.1, -0.05) is 37.1 Å². The van der Waals surface area contributed by atoms with Crippen molar-refractivity contribution in [3.8, 4) is 0 Å². The van der Waals surface area contributed by atoms with Crippen molar-refractivity contribution < 1.29 is 18.0 Å². The van der Waals surface area contributed by atoms with Crippen LogP contribution in [0.15, 0.2) is 24.3 Å². The molecular formula is C19H28ClN3O4S. The summed E-state index contributed by atoms with van der Waals surface area (Å²) in [6, 6.07) is 6.90. The summed E-state index contributed by atoms with van der Waals surface area (Å²) < 4.78 is 26.0. The van der Waals surface area contributed by atoms with E-state index in [-0.39, 0.29) is 30.0 Å². The number of sulfonamides is 1. The van der Waals surface area contributed by atoms with Gasteiger partial charge >= 0.3 is 0 Å². The summed E-state index contributed by atoms with van der Waals surface area (Å²) >= 11 is 6.02. The smallest absolute Gasteiger partial charge is 0.244 e. The third-order valence-corrected chi connectivity index (χ3v) is 7.14. The summed E-state index contributed by atoms with van der Waals surface area (Å²) in [5.41, 5.74) is 0.501. The van der Waals surface area contributed by atoms with Crippen LogP contribution in [0, 0.1) is 5.92 Å². The second-order valence-electron chi connectivity index (χ2n) is 7.07. The van der Waals surface area contributed by atoms with Crippen molar-refractivity contribution in [1.82, 2.24) is 9.21 Å². The Morgan fingerprint density at radius 2 is 1.89 bits per heavy atom. The maximum Gasteiger partial charge on any atom is 0.244 e. The van der Waals surface area contributed by atoms with E-state index in [0.29, 0.717) is 43.1 Å². The fourth-order valence-electron chi connectivity index (χ4n) is 3.19. The van der Waals surface area contributed by atoms with E-state index in [2.05, 4.69) is 5.32 Å². The predicted molar refractivity (Wildman–Crippen MR) is 111 cm³/mol. The summed E-state index contributed by atoms with van der Waals surface area (Å²) in [7, 11) is -1.66. The number of anilines is 1. The van der Waals surface area contributed by atoms with Gasteiger partial charge in [-0.2, -0.15) is 0 Å². The van der Waals surface area contributed by atoms with Gasteiger partial charge in [0.1, 0.15) is 0 Å². The molecule has 1 aliphatic heterocycles. The van der Waals surface area contributed by atoms with Crippen LogP contribution in [0.2, 0.25) is 5.02 Å². The number of benzene rings is 1. The van der Waals surface area contributed by atoms with Crippen LogP contribution >= 0.6 is 11.6 Å². The molecule has 1 aromatic carbocycles. The second kappa shape index (κ2) is 10.2. The number of unbranched alkanes of at least 4 members (excludes halogenated alkanes) is 1. The number of carbonyl (C=O) groups is 2. The Hall–Kier alpha value is -1.64. The zero-order chi connectivity index (χ0) is 20.7. The van der Waals surface area contributed by atoms with E-state index in [1.807, 2.05) is 6.92 Å². The average Bonchev–Trinajstić information content (AvgIpc) is 2.67. The van der Waals surface area contributed by atoms with E-state index in [1.54, 1.807) is 31.3 Å². The van der Waals surface area contributed by atoms with Crippen molar-refractivity contribution >= 4 is 39.1 Å². The number of likely N-dealkylation sites (N-methyl/N-ethyl adjacent to an activating group) is 1. The first-order valence-corrected chi connectivity index (χ1v) is 11.5. The molecule has 0 radical (unpaired) electrons. The number of nitrogens with one attached hydrogen (secondary N) is 1. The number of hydrogen-bond donors (Lipinski definition) is 1. The van der Waals surface area contributed by atoms with Crippen molar-refractivity contribution in [2.24, 2.45) is 5.92 Å². The Labute approximate surface area is 172 Å². The van der Waals surface area contributed by atoms with Gasteiger partial charge in [-0.3, -0.25) is 9.59 Å². The van der Waals surface area contributed by atoms with Gasteiger partial charge in [-0.15, -0.1) is 0 Å². The van der Waals surface area contributed by atoms with Gasteiger partial charge < -0.3 is 10.2 Å². The molecule has 1 fully saturated rings. The van der Waals surface area contributed by atoms with Gasteiger partial charge in [0.25, 0.3) is 0 Å². The van der Waals surface area contributed by atoms with Crippen LogP contribution in [-0.2, 0) is 19.6 Å². The Morgan fingerprint density at radius 1 is 1.25 bits per heavy atom. The lowest BCUT2D eigenvalue weighted by Gasteiger charge is -2.32. The van der Waals surface area contributed by atoms with Crippen molar-refractivity contribution in [1.29, 1.82) is 0 Å². The lowest BCUT2D eigenvalue weighted by atomic mass is 9.96. The zero-order valence-electron chi connectivity index (χ0n) is 16.4. The molecule has 2 rings (SSSR count). The van der Waals surface area contributed by atoms with Gasteiger partial charge in [0.2, 0.25) is 21.8 Å². The molecule has 1 aliphatic rings. The number of amides is 2. The fraction of sp³-hybridized carbons (Fsp3) is 0.579. The number of hydrogen-bond acceptors (Lipinski definition) is 4. The first kappa shape index (κ1) is 22.6. The first-order valence-electron chi connectivity index (χ1n) is 9.51. The second-order valence-corrected chi connectivity index (χ2v) is 9.56. The molecule has 156 valence electrons. The molecule has 0 bridgehead atoms. The van der Waals surface area contributed by atoms with E-state index < -0.39 is 10.0 Å². The minimum absolute atomic E-state index is 0.0843. The van der Waals surface area contributed by atoms with Crippen LogP contribution in [0.4, 0.5) is 5.69 Å². The SMILES string of the molecule is CCCCS(=O)(=O)N1CCC(C(=O)N(C)CC(=O)Nc2ccccc2Cl)CC1. The summed E-state index contributed by atoms with van der Waals surface area (Å²) in [6.07, 6.45) is 2.42. The van der Waals surface area contributed by atoms with E-state index >= 15 is 0 Å². The number of halogens is 1. The fourth-order valence-corrected chi connectivity index (χ4v) is 5.06. The Morgan fingerprint density at radius 3 is 2.50 bits per heavy atom. The molecule has 1 N–H and O–H groups in total. The summed E-state index contributed by atoms with van der Waals surface area (Å²) in [5, 5.41) is 3.13. The van der Waals surface area contributed by atoms with Crippen LogP contribution in [0.3, 0.4) is 0 Å². The van der Waals surface area contributed by atoms with Crippen LogP contribution < -0.4 is 5.32 Å². The molecule has 1 aromatic rings. The normalized spacial score (nSPS) is 16.0. The number of piperidine rings is 1. The highest BCUT2D eigenvalue weighted by molar-refractivity contribution is 7.89. The van der Waals surface area contributed by atoms with Crippen molar-refractivity contribution in [2.75, 3.05) is 37.8 Å². The minimum atomic E-state index is -3.24. The largest absolute Gasteiger partial charge is 0.336 e. The van der Waals surface area contributed by atoms with E-state index in [1.165, 1.54) is 9.21 Å². The monoisotopic (exact) mass is 429 g/mol. The minimum Gasteiger partial charge on any atom is -0.336 e. The van der Waals surface area contributed by atoms with Crippen LogP contribution in [0.5, 0.6) is 0 Å².